The Balaban J connectivity index is 2.36. The van der Waals surface area contributed by atoms with E-state index in [9.17, 15) is 5.11 Å². The molecule has 0 bridgehead atoms. The van der Waals surface area contributed by atoms with Gasteiger partial charge in [0.15, 0.2) is 0 Å². The highest BCUT2D eigenvalue weighted by atomic mass is 79.9. The van der Waals surface area contributed by atoms with Gasteiger partial charge in [0.1, 0.15) is 5.75 Å². The summed E-state index contributed by atoms with van der Waals surface area (Å²) in [6.07, 6.45) is 3.59. The minimum Gasteiger partial charge on any atom is -0.506 e. The average Bonchev–Trinajstić information content (AvgIpc) is 2.33. The summed E-state index contributed by atoms with van der Waals surface area (Å²) in [6, 6.07) is 4.47. The van der Waals surface area contributed by atoms with Gasteiger partial charge in [-0.2, -0.15) is 0 Å². The zero-order valence-electron chi connectivity index (χ0n) is 10.5. The van der Waals surface area contributed by atoms with Gasteiger partial charge in [-0.3, -0.25) is 0 Å². The molecule has 1 saturated heterocycles. The van der Waals surface area contributed by atoms with Crippen molar-refractivity contribution in [2.75, 3.05) is 6.54 Å². The molecule has 1 aromatic carbocycles. The van der Waals surface area contributed by atoms with Gasteiger partial charge in [0.05, 0.1) is 4.47 Å². The number of halogens is 1. The third-order valence-electron chi connectivity index (χ3n) is 3.47. The predicted molar refractivity (Wildman–Crippen MR) is 74.5 cm³/mol. The summed E-state index contributed by atoms with van der Waals surface area (Å²) in [6.45, 7) is 5.40. The standard InChI is InChI=1S/C14H20BrNO/c1-9(2)10-7-11(14(17)12(15)8-10)13-5-3-4-6-16-13/h7-9,13,16-17H,3-6H2,1-2H3. The first-order chi connectivity index (χ1) is 8.09. The maximum Gasteiger partial charge on any atom is 0.134 e. The van der Waals surface area contributed by atoms with Crippen molar-refractivity contribution in [3.05, 3.63) is 27.7 Å². The number of hydrogen-bond acceptors (Lipinski definition) is 2. The molecular weight excluding hydrogens is 278 g/mol. The molecule has 0 radical (unpaired) electrons. The summed E-state index contributed by atoms with van der Waals surface area (Å²) in [5.74, 6) is 0.878. The molecule has 94 valence electrons. The molecular formula is C14H20BrNO. The van der Waals surface area contributed by atoms with E-state index < -0.39 is 0 Å². The second kappa shape index (κ2) is 5.40. The minimum absolute atomic E-state index is 0.304. The first kappa shape index (κ1) is 12.9. The Hall–Kier alpha value is -0.540. The second-order valence-corrected chi connectivity index (χ2v) is 5.95. The fourth-order valence-electron chi connectivity index (χ4n) is 2.36. The van der Waals surface area contributed by atoms with Crippen LogP contribution in [0, 0.1) is 0 Å². The molecule has 1 atom stereocenters. The van der Waals surface area contributed by atoms with E-state index in [2.05, 4.69) is 41.2 Å². The smallest absolute Gasteiger partial charge is 0.134 e. The molecule has 1 aliphatic rings. The fourth-order valence-corrected chi connectivity index (χ4v) is 2.85. The third-order valence-corrected chi connectivity index (χ3v) is 4.07. The molecule has 0 amide bonds. The van der Waals surface area contributed by atoms with Gasteiger partial charge in [0.2, 0.25) is 0 Å². The molecule has 1 aliphatic heterocycles. The van der Waals surface area contributed by atoms with E-state index in [4.69, 9.17) is 0 Å². The maximum absolute atomic E-state index is 10.2. The summed E-state index contributed by atoms with van der Waals surface area (Å²) >= 11 is 3.45. The summed E-state index contributed by atoms with van der Waals surface area (Å²) in [7, 11) is 0. The topological polar surface area (TPSA) is 32.3 Å². The van der Waals surface area contributed by atoms with E-state index in [1.165, 1.54) is 18.4 Å². The molecule has 0 spiro atoms. The lowest BCUT2D eigenvalue weighted by Crippen LogP contribution is -2.27. The number of benzene rings is 1. The van der Waals surface area contributed by atoms with Crippen molar-refractivity contribution in [3.63, 3.8) is 0 Å². The lowest BCUT2D eigenvalue weighted by Gasteiger charge is -2.25. The average molecular weight is 298 g/mol. The van der Waals surface area contributed by atoms with Crippen LogP contribution in [-0.2, 0) is 0 Å². The van der Waals surface area contributed by atoms with Crippen LogP contribution in [0.1, 0.15) is 56.2 Å². The van der Waals surface area contributed by atoms with Crippen LogP contribution in [0.5, 0.6) is 5.75 Å². The summed E-state index contributed by atoms with van der Waals surface area (Å²) in [5, 5.41) is 13.7. The summed E-state index contributed by atoms with van der Waals surface area (Å²) < 4.78 is 0.811. The van der Waals surface area contributed by atoms with E-state index >= 15 is 0 Å². The van der Waals surface area contributed by atoms with Crippen molar-refractivity contribution < 1.29 is 5.11 Å². The minimum atomic E-state index is 0.304. The Bertz CT molecular complexity index is 397. The van der Waals surface area contributed by atoms with Crippen molar-refractivity contribution in [1.82, 2.24) is 5.32 Å². The predicted octanol–water partition coefficient (Wildman–Crippen LogP) is 4.09. The van der Waals surface area contributed by atoms with E-state index in [1.807, 2.05) is 6.07 Å². The van der Waals surface area contributed by atoms with E-state index in [0.29, 0.717) is 17.7 Å². The Morgan fingerprint density at radius 3 is 2.71 bits per heavy atom. The van der Waals surface area contributed by atoms with Crippen LogP contribution >= 0.6 is 15.9 Å². The number of piperidine rings is 1. The highest BCUT2D eigenvalue weighted by molar-refractivity contribution is 9.10. The summed E-state index contributed by atoms with van der Waals surface area (Å²) in [5.41, 5.74) is 2.32. The van der Waals surface area contributed by atoms with Crippen molar-refractivity contribution in [2.24, 2.45) is 0 Å². The molecule has 17 heavy (non-hydrogen) atoms. The zero-order valence-corrected chi connectivity index (χ0v) is 12.0. The van der Waals surface area contributed by atoms with Gasteiger partial charge in [-0.15, -0.1) is 0 Å². The van der Waals surface area contributed by atoms with Crippen LogP contribution < -0.4 is 5.32 Å². The number of rotatable bonds is 2. The van der Waals surface area contributed by atoms with Gasteiger partial charge in [0.25, 0.3) is 0 Å². The Kier molecular flexibility index (Phi) is 4.10. The van der Waals surface area contributed by atoms with E-state index in [1.54, 1.807) is 0 Å². The van der Waals surface area contributed by atoms with Crippen molar-refractivity contribution in [1.29, 1.82) is 0 Å². The fraction of sp³-hybridized carbons (Fsp3) is 0.571. The van der Waals surface area contributed by atoms with Crippen LogP contribution in [0.15, 0.2) is 16.6 Å². The van der Waals surface area contributed by atoms with Crippen molar-refractivity contribution in [2.45, 2.75) is 45.1 Å². The Labute approximate surface area is 112 Å². The van der Waals surface area contributed by atoms with Crippen molar-refractivity contribution in [3.8, 4) is 5.75 Å². The Morgan fingerprint density at radius 2 is 2.12 bits per heavy atom. The van der Waals surface area contributed by atoms with Gasteiger partial charge in [-0.25, -0.2) is 0 Å². The Morgan fingerprint density at radius 1 is 1.35 bits per heavy atom. The third kappa shape index (κ3) is 2.83. The van der Waals surface area contributed by atoms with Crippen LogP contribution in [0.4, 0.5) is 0 Å². The van der Waals surface area contributed by atoms with Gasteiger partial charge >= 0.3 is 0 Å². The van der Waals surface area contributed by atoms with Gasteiger partial charge in [0, 0.05) is 11.6 Å². The number of nitrogens with one attached hydrogen (secondary N) is 1. The number of phenolic OH excluding ortho intramolecular Hbond substituents is 1. The van der Waals surface area contributed by atoms with E-state index in [0.717, 1.165) is 23.0 Å². The molecule has 2 rings (SSSR count). The highest BCUT2D eigenvalue weighted by Gasteiger charge is 2.20. The first-order valence-corrected chi connectivity index (χ1v) is 7.14. The number of aromatic hydroxyl groups is 1. The van der Waals surface area contributed by atoms with Gasteiger partial charge < -0.3 is 10.4 Å². The SMILES string of the molecule is CC(C)c1cc(Br)c(O)c(C2CCCCN2)c1. The molecule has 3 heteroatoms. The number of hydrogen-bond donors (Lipinski definition) is 2. The van der Waals surface area contributed by atoms with Crippen LogP contribution in [-0.4, -0.2) is 11.7 Å². The normalized spacial score (nSPS) is 20.8. The molecule has 1 unspecified atom stereocenters. The lowest BCUT2D eigenvalue weighted by atomic mass is 9.92. The van der Waals surface area contributed by atoms with Crippen LogP contribution in [0.25, 0.3) is 0 Å². The molecule has 2 N–H and O–H groups in total. The lowest BCUT2D eigenvalue weighted by molar-refractivity contribution is 0.389. The first-order valence-electron chi connectivity index (χ1n) is 6.35. The number of phenols is 1. The highest BCUT2D eigenvalue weighted by Crippen LogP contribution is 2.37. The zero-order chi connectivity index (χ0) is 12.4. The molecule has 1 aromatic rings. The monoisotopic (exact) mass is 297 g/mol. The van der Waals surface area contributed by atoms with Gasteiger partial charge in [-0.05, 0) is 52.9 Å². The second-order valence-electron chi connectivity index (χ2n) is 5.10. The molecule has 1 fully saturated rings. The van der Waals surface area contributed by atoms with Crippen molar-refractivity contribution >= 4 is 15.9 Å². The van der Waals surface area contributed by atoms with Crippen LogP contribution in [0.2, 0.25) is 0 Å². The van der Waals surface area contributed by atoms with Gasteiger partial charge in [-0.1, -0.05) is 26.3 Å². The quantitative estimate of drug-likeness (QED) is 0.862. The van der Waals surface area contributed by atoms with Crippen LogP contribution in [0.3, 0.4) is 0 Å². The summed E-state index contributed by atoms with van der Waals surface area (Å²) in [4.78, 5) is 0. The molecule has 0 aromatic heterocycles. The van der Waals surface area contributed by atoms with E-state index in [-0.39, 0.29) is 0 Å². The maximum atomic E-state index is 10.2. The molecule has 2 nitrogen and oxygen atoms in total. The molecule has 0 aliphatic carbocycles. The molecule has 1 heterocycles. The molecule has 0 saturated carbocycles. The largest absolute Gasteiger partial charge is 0.506 e.